The highest BCUT2D eigenvalue weighted by Gasteiger charge is 2.32. The molecule has 2 atom stereocenters. The molecule has 0 saturated carbocycles. The first-order valence-electron chi connectivity index (χ1n) is 9.97. The summed E-state index contributed by atoms with van der Waals surface area (Å²) in [4.78, 5) is 13.4. The van der Waals surface area contributed by atoms with Crippen LogP contribution in [0.25, 0.3) is 0 Å². The van der Waals surface area contributed by atoms with Gasteiger partial charge < -0.3 is 19.7 Å². The maximum atomic E-state index is 11.9. The van der Waals surface area contributed by atoms with Crippen LogP contribution in [0, 0.1) is 6.92 Å². The number of nitrogens with one attached hydrogen (secondary N) is 2. The number of carbonyl (C=O) groups excluding carboxylic acids is 1. The van der Waals surface area contributed by atoms with Gasteiger partial charge in [-0.1, -0.05) is 36.8 Å². The van der Waals surface area contributed by atoms with Gasteiger partial charge in [-0.2, -0.15) is 0 Å². The van der Waals surface area contributed by atoms with Gasteiger partial charge in [0.15, 0.2) is 11.5 Å². The lowest BCUT2D eigenvalue weighted by Crippen LogP contribution is -3.12. The number of aryl methyl sites for hydroxylation is 1. The number of fused-ring (bicyclic) bond motifs is 1. The highest BCUT2D eigenvalue weighted by Crippen LogP contribution is 2.34. The average molecular weight is 384 g/mol. The summed E-state index contributed by atoms with van der Waals surface area (Å²) in [5.41, 5.74) is 5.12. The van der Waals surface area contributed by atoms with E-state index in [0.29, 0.717) is 13.0 Å². The first-order valence-corrected chi connectivity index (χ1v) is 9.97. The predicted molar refractivity (Wildman–Crippen MR) is 110 cm³/mol. The van der Waals surface area contributed by atoms with Crippen molar-refractivity contribution in [1.82, 2.24) is 5.32 Å². The van der Waals surface area contributed by atoms with E-state index < -0.39 is 0 Å². The third-order valence-electron chi connectivity index (χ3n) is 5.57. The zero-order valence-corrected chi connectivity index (χ0v) is 17.3. The van der Waals surface area contributed by atoms with Gasteiger partial charge in [-0.15, -0.1) is 0 Å². The quantitative estimate of drug-likeness (QED) is 0.771. The van der Waals surface area contributed by atoms with E-state index in [4.69, 9.17) is 9.47 Å². The Morgan fingerprint density at radius 2 is 1.93 bits per heavy atom. The normalized spacial score (nSPS) is 18.3. The van der Waals surface area contributed by atoms with E-state index >= 15 is 0 Å². The number of rotatable bonds is 7. The molecule has 0 radical (unpaired) electrons. The molecule has 1 unspecified atom stereocenters. The van der Waals surface area contributed by atoms with Gasteiger partial charge in [-0.3, -0.25) is 4.79 Å². The Bertz CT molecular complexity index is 835. The van der Waals surface area contributed by atoms with Crippen LogP contribution in [0.2, 0.25) is 0 Å². The number of ether oxygens (including phenoxy) is 2. The summed E-state index contributed by atoms with van der Waals surface area (Å²) in [5, 5.41) is 3.10. The summed E-state index contributed by atoms with van der Waals surface area (Å²) in [7, 11) is 3.33. The van der Waals surface area contributed by atoms with E-state index in [9.17, 15) is 4.79 Å². The zero-order valence-electron chi connectivity index (χ0n) is 17.3. The maximum absolute atomic E-state index is 11.9. The molecule has 28 heavy (non-hydrogen) atoms. The summed E-state index contributed by atoms with van der Waals surface area (Å²) in [6, 6.07) is 13.0. The minimum atomic E-state index is 0.0857. The Labute approximate surface area is 167 Å². The van der Waals surface area contributed by atoms with E-state index in [2.05, 4.69) is 48.6 Å². The number of benzene rings is 2. The minimum absolute atomic E-state index is 0.0857. The van der Waals surface area contributed by atoms with Gasteiger partial charge in [0.25, 0.3) is 0 Å². The molecular formula is C23H31N2O3+. The van der Waals surface area contributed by atoms with E-state index in [1.807, 2.05) is 6.92 Å². The van der Waals surface area contributed by atoms with Gasteiger partial charge in [0.1, 0.15) is 12.6 Å². The third-order valence-corrected chi connectivity index (χ3v) is 5.57. The molecule has 0 fully saturated rings. The van der Waals surface area contributed by atoms with Gasteiger partial charge >= 0.3 is 0 Å². The van der Waals surface area contributed by atoms with Crippen LogP contribution in [-0.4, -0.2) is 33.2 Å². The lowest BCUT2D eigenvalue weighted by atomic mass is 9.91. The summed E-state index contributed by atoms with van der Waals surface area (Å²) >= 11 is 0. The highest BCUT2D eigenvalue weighted by atomic mass is 16.5. The van der Waals surface area contributed by atoms with Crippen LogP contribution >= 0.6 is 0 Å². The predicted octanol–water partition coefficient (Wildman–Crippen LogP) is 2.22. The number of methoxy groups -OCH3 is 2. The van der Waals surface area contributed by atoms with Crippen LogP contribution in [-0.2, 0) is 17.8 Å². The van der Waals surface area contributed by atoms with Crippen LogP contribution in [0.15, 0.2) is 36.4 Å². The van der Waals surface area contributed by atoms with Gasteiger partial charge in [0.05, 0.1) is 27.3 Å². The molecule has 0 saturated heterocycles. The molecule has 0 spiro atoms. The summed E-state index contributed by atoms with van der Waals surface area (Å²) in [6.07, 6.45) is 1.48. The molecule has 5 nitrogen and oxygen atoms in total. The summed E-state index contributed by atoms with van der Waals surface area (Å²) < 4.78 is 11.0. The number of quaternary nitrogens is 1. The molecule has 2 aromatic rings. The van der Waals surface area contributed by atoms with Crippen LogP contribution in [0.3, 0.4) is 0 Å². The summed E-state index contributed by atoms with van der Waals surface area (Å²) in [6.45, 7) is 6.58. The second-order valence-electron chi connectivity index (χ2n) is 7.44. The Morgan fingerprint density at radius 1 is 1.18 bits per heavy atom. The van der Waals surface area contributed by atoms with E-state index in [-0.39, 0.29) is 11.9 Å². The fourth-order valence-corrected chi connectivity index (χ4v) is 4.06. The fourth-order valence-electron chi connectivity index (χ4n) is 4.06. The van der Waals surface area contributed by atoms with Crippen molar-refractivity contribution in [3.63, 3.8) is 0 Å². The summed E-state index contributed by atoms with van der Waals surface area (Å²) in [5.74, 6) is 1.59. The molecule has 1 aliphatic rings. The van der Waals surface area contributed by atoms with E-state index in [1.54, 1.807) is 14.2 Å². The van der Waals surface area contributed by atoms with Crippen LogP contribution < -0.4 is 19.7 Å². The Hall–Kier alpha value is -2.53. The van der Waals surface area contributed by atoms with Gasteiger partial charge in [0, 0.05) is 24.0 Å². The molecular weight excluding hydrogens is 352 g/mol. The average Bonchev–Trinajstić information content (AvgIpc) is 2.71. The lowest BCUT2D eigenvalue weighted by molar-refractivity contribution is -0.945. The Kier molecular flexibility index (Phi) is 6.57. The zero-order chi connectivity index (χ0) is 20.1. The first-order chi connectivity index (χ1) is 13.5. The lowest BCUT2D eigenvalue weighted by Gasteiger charge is -2.35. The minimum Gasteiger partial charge on any atom is -0.493 e. The SMILES string of the molecule is CCC(=O)NC[C@H]1c2cc(OC)c(OC)cc2CC[NH+]1Cc1cccc(C)c1. The molecule has 5 heteroatoms. The van der Waals surface area contributed by atoms with E-state index in [1.165, 1.54) is 27.2 Å². The van der Waals surface area contributed by atoms with Gasteiger partial charge in [-0.05, 0) is 24.6 Å². The first kappa shape index (κ1) is 20.2. The molecule has 0 aliphatic carbocycles. The van der Waals surface area contributed by atoms with E-state index in [0.717, 1.165) is 31.0 Å². The molecule has 0 bridgehead atoms. The number of amides is 1. The maximum Gasteiger partial charge on any atom is 0.219 e. The largest absolute Gasteiger partial charge is 0.493 e. The standard InChI is InChI=1S/C23H30N2O3/c1-5-23(26)24-14-20-19-13-22(28-4)21(27-3)12-18(19)9-10-25(20)15-17-8-6-7-16(2)11-17/h6-8,11-13,20H,5,9-10,14-15H2,1-4H3,(H,24,26)/p+1/t20-/m0/s1. The monoisotopic (exact) mass is 383 g/mol. The van der Waals surface area contributed by atoms with Crippen molar-refractivity contribution in [2.24, 2.45) is 0 Å². The third kappa shape index (κ3) is 4.47. The van der Waals surface area contributed by atoms with Crippen LogP contribution in [0.5, 0.6) is 11.5 Å². The molecule has 3 rings (SSSR count). The van der Waals surface area contributed by atoms with Crippen molar-refractivity contribution in [3.05, 3.63) is 58.7 Å². The molecule has 150 valence electrons. The van der Waals surface area contributed by atoms with Crippen molar-refractivity contribution in [2.75, 3.05) is 27.3 Å². The van der Waals surface area contributed by atoms with Crippen molar-refractivity contribution in [2.45, 2.75) is 39.3 Å². The number of hydrogen-bond donors (Lipinski definition) is 2. The smallest absolute Gasteiger partial charge is 0.219 e. The Morgan fingerprint density at radius 3 is 2.61 bits per heavy atom. The second-order valence-corrected chi connectivity index (χ2v) is 7.44. The van der Waals surface area contributed by atoms with Crippen LogP contribution in [0.4, 0.5) is 0 Å². The second kappa shape index (κ2) is 9.11. The van der Waals surface area contributed by atoms with Gasteiger partial charge in [0.2, 0.25) is 5.91 Å². The van der Waals surface area contributed by atoms with Crippen molar-refractivity contribution >= 4 is 5.91 Å². The molecule has 0 aromatic heterocycles. The van der Waals surface area contributed by atoms with Crippen molar-refractivity contribution in [3.8, 4) is 11.5 Å². The molecule has 2 aromatic carbocycles. The number of hydrogen-bond acceptors (Lipinski definition) is 3. The van der Waals surface area contributed by atoms with Crippen molar-refractivity contribution < 1.29 is 19.2 Å². The molecule has 1 amide bonds. The fraction of sp³-hybridized carbons (Fsp3) is 0.435. The van der Waals surface area contributed by atoms with Crippen molar-refractivity contribution in [1.29, 1.82) is 0 Å². The Balaban J connectivity index is 1.93. The molecule has 2 N–H and O–H groups in total. The highest BCUT2D eigenvalue weighted by molar-refractivity contribution is 5.75. The number of carbonyl (C=O) groups is 1. The van der Waals surface area contributed by atoms with Gasteiger partial charge in [-0.25, -0.2) is 0 Å². The topological polar surface area (TPSA) is 52.0 Å². The van der Waals surface area contributed by atoms with Crippen LogP contribution in [0.1, 0.15) is 41.6 Å². The molecule has 1 aliphatic heterocycles. The molecule has 1 heterocycles.